The minimum atomic E-state index is 0. The molecule has 0 aromatic heterocycles. The first-order valence-electron chi connectivity index (χ1n) is 10.1. The molecule has 0 fully saturated rings. The van der Waals surface area contributed by atoms with E-state index in [-0.39, 0.29) is 96.5 Å². The third kappa shape index (κ3) is 23.5. The zero-order chi connectivity index (χ0) is 23.8. The van der Waals surface area contributed by atoms with Crippen LogP contribution in [0, 0.1) is 14.3 Å². The lowest BCUT2D eigenvalue weighted by atomic mass is 9.93. The summed E-state index contributed by atoms with van der Waals surface area (Å²) in [6, 6.07) is 33.3. The van der Waals surface area contributed by atoms with E-state index in [0.717, 1.165) is 18.3 Å². The van der Waals surface area contributed by atoms with Crippen LogP contribution >= 0.6 is 90.4 Å². The van der Waals surface area contributed by atoms with E-state index in [1.54, 1.807) is 0 Å². The van der Waals surface area contributed by atoms with E-state index in [1.165, 1.54) is 18.3 Å². The average Bonchev–Trinajstić information content (AvgIpc) is 2.83. The average molecular weight is 1090 g/mol. The van der Waals surface area contributed by atoms with Crippen LogP contribution < -0.4 is 0 Å². The minimum Gasteiger partial charge on any atom is -0.361 e. The highest BCUT2D eigenvalue weighted by Gasteiger charge is 2.14. The lowest BCUT2D eigenvalue weighted by Crippen LogP contribution is -2.04. The van der Waals surface area contributed by atoms with Gasteiger partial charge in [-0.2, -0.15) is 4.79 Å². The first-order chi connectivity index (χ1) is 15.9. The van der Waals surface area contributed by atoms with Crippen LogP contribution in [0.15, 0.2) is 97.1 Å². The minimum absolute atomic E-state index is 0. The predicted molar refractivity (Wildman–Crippen MR) is 258 cm³/mol. The summed E-state index contributed by atoms with van der Waals surface area (Å²) in [6.45, 7) is 2.25. The van der Waals surface area contributed by atoms with Crippen LogP contribution in [0.5, 0.6) is 0 Å². The third-order valence-corrected chi connectivity index (χ3v) is 7.95. The Kier molecular flexibility index (Phi) is 63.4. The van der Waals surface area contributed by atoms with Crippen molar-refractivity contribution >= 4 is 96.1 Å². The van der Waals surface area contributed by atoms with Crippen LogP contribution in [0.25, 0.3) is 5.53 Å². The Hall–Kier alpha value is -0.820. The molecule has 4 aromatic rings. The molecule has 0 saturated carbocycles. The van der Waals surface area contributed by atoms with Crippen molar-refractivity contribution in [2.45, 2.75) is 109 Å². The molecule has 0 atom stereocenters. The normalized spacial score (nSPS) is 7.35. The zero-order valence-corrected chi connectivity index (χ0v) is 26.4. The number of rotatable bonds is 4. The molecule has 0 radical (unpaired) electrons. The van der Waals surface area contributed by atoms with Crippen LogP contribution in [0.2, 0.25) is 0 Å². The number of halogens is 4. The second kappa shape index (κ2) is 38.6. The van der Waals surface area contributed by atoms with Crippen LogP contribution in [0.3, 0.4) is 0 Å². The molecule has 0 spiro atoms. The molecule has 0 heterocycles. The first kappa shape index (κ1) is 75.5. The van der Waals surface area contributed by atoms with Gasteiger partial charge in [-0.1, -0.05) is 128 Å². The molecule has 0 saturated heterocycles. The molecular weight excluding hydrogens is 1020 g/mol. The maximum Gasteiger partial charge on any atom is 0.329 e. The summed E-state index contributed by atoms with van der Waals surface area (Å²) in [5, 5.41) is 0. The molecule has 46 heavy (non-hydrogen) atoms. The fraction of sp³-hybridized carbons (Fsp3) is 0.375. The van der Waals surface area contributed by atoms with E-state index in [1.807, 2.05) is 48.5 Å². The van der Waals surface area contributed by atoms with Gasteiger partial charge in [0, 0.05) is 20.2 Å². The Bertz CT molecular complexity index is 1140. The molecule has 0 aliphatic heterocycles. The lowest BCUT2D eigenvalue weighted by Gasteiger charge is -2.12. The van der Waals surface area contributed by atoms with Gasteiger partial charge >= 0.3 is 5.71 Å². The number of hydrogen-bond acceptors (Lipinski definition) is 0. The van der Waals surface area contributed by atoms with Crippen LogP contribution in [-0.2, 0) is 0 Å². The standard InChI is InChI=1S/C14H12I2.C13H8I2N2.13CH4/c1-10(11-2-6-13(15)7-3-11)12-4-8-14(16)9-5-12;14-11-5-1-9(2-6-11)13(17-16)10-3-7-12(15)8-4-10;;;;;;;;;;;;;/h2-10H,1H3;1-8H;13*1H4. The van der Waals surface area contributed by atoms with Crippen LogP contribution in [0.4, 0.5) is 0 Å². The molecule has 270 valence electrons. The molecule has 0 aliphatic carbocycles. The summed E-state index contributed by atoms with van der Waals surface area (Å²) >= 11 is 9.17. The highest BCUT2D eigenvalue weighted by Crippen LogP contribution is 2.25. The fourth-order valence-electron chi connectivity index (χ4n) is 3.19. The van der Waals surface area contributed by atoms with Crippen molar-refractivity contribution in [2.75, 3.05) is 0 Å². The van der Waals surface area contributed by atoms with E-state index >= 15 is 0 Å². The molecule has 0 bridgehead atoms. The van der Waals surface area contributed by atoms with E-state index in [9.17, 15) is 0 Å². The van der Waals surface area contributed by atoms with Gasteiger partial charge in [0.25, 0.3) is 0 Å². The summed E-state index contributed by atoms with van der Waals surface area (Å²) in [6.07, 6.45) is 0. The quantitative estimate of drug-likeness (QED) is 0.0845. The SMILES string of the molecule is C.C.C.C.C.C.C.C.C.C.C.C.C.CC(c1ccc(I)cc1)c1ccc(I)cc1.[N-]=[N+]=C(c1ccc(I)cc1)c1ccc(I)cc1. The van der Waals surface area contributed by atoms with E-state index in [4.69, 9.17) is 5.53 Å². The summed E-state index contributed by atoms with van der Waals surface area (Å²) < 4.78 is 4.89. The third-order valence-electron chi connectivity index (χ3n) is 5.08. The maximum atomic E-state index is 9.16. The topological polar surface area (TPSA) is 36.4 Å². The predicted octanol–water partition coefficient (Wildman–Crippen LogP) is 17.3. The van der Waals surface area contributed by atoms with Gasteiger partial charge in [0.15, 0.2) is 0 Å². The highest BCUT2D eigenvalue weighted by atomic mass is 127. The molecule has 4 rings (SSSR count). The van der Waals surface area contributed by atoms with Crippen molar-refractivity contribution in [3.8, 4) is 0 Å². The van der Waals surface area contributed by atoms with Gasteiger partial charge in [-0.15, -0.1) is 0 Å². The molecular formula is C40H72I4N2. The van der Waals surface area contributed by atoms with Crippen molar-refractivity contribution < 1.29 is 4.79 Å². The summed E-state index contributed by atoms with van der Waals surface area (Å²) in [7, 11) is 0. The Morgan fingerprint density at radius 3 is 0.804 bits per heavy atom. The van der Waals surface area contributed by atoms with Gasteiger partial charge in [0.1, 0.15) is 0 Å². The van der Waals surface area contributed by atoms with Crippen LogP contribution in [0.1, 0.15) is 132 Å². The second-order valence-corrected chi connectivity index (χ2v) is 12.3. The number of hydrogen-bond donors (Lipinski definition) is 0. The Labute approximate surface area is 345 Å². The van der Waals surface area contributed by atoms with Gasteiger partial charge in [-0.25, -0.2) is 0 Å². The Morgan fingerprint density at radius 1 is 0.413 bits per heavy atom. The van der Waals surface area contributed by atoms with Gasteiger partial charge in [-0.3, -0.25) is 0 Å². The lowest BCUT2D eigenvalue weighted by molar-refractivity contribution is -0.00279. The van der Waals surface area contributed by atoms with E-state index in [2.05, 4.69) is 151 Å². The number of nitrogens with zero attached hydrogens (tertiary/aromatic N) is 2. The van der Waals surface area contributed by atoms with Crippen molar-refractivity contribution in [1.29, 1.82) is 0 Å². The highest BCUT2D eigenvalue weighted by molar-refractivity contribution is 14.1. The molecule has 0 amide bonds. The van der Waals surface area contributed by atoms with Crippen molar-refractivity contribution in [3.63, 3.8) is 0 Å². The molecule has 0 aliphatic rings. The van der Waals surface area contributed by atoms with Crippen molar-refractivity contribution in [3.05, 3.63) is 139 Å². The van der Waals surface area contributed by atoms with E-state index in [0.29, 0.717) is 11.6 Å². The fourth-order valence-corrected chi connectivity index (χ4v) is 4.63. The van der Waals surface area contributed by atoms with Gasteiger partial charge < -0.3 is 5.53 Å². The zero-order valence-electron chi connectivity index (χ0n) is 17.7. The largest absolute Gasteiger partial charge is 0.361 e. The summed E-state index contributed by atoms with van der Waals surface area (Å²) in [5.74, 6) is 0.467. The van der Waals surface area contributed by atoms with Crippen LogP contribution in [-0.4, -0.2) is 10.5 Å². The van der Waals surface area contributed by atoms with Gasteiger partial charge in [0.2, 0.25) is 0 Å². The monoisotopic (exact) mass is 1090 g/mol. The van der Waals surface area contributed by atoms with E-state index < -0.39 is 0 Å². The molecule has 0 N–H and O–H groups in total. The second-order valence-electron chi connectivity index (χ2n) is 7.29. The van der Waals surface area contributed by atoms with Gasteiger partial charge in [0.05, 0.1) is 11.1 Å². The first-order valence-corrected chi connectivity index (χ1v) is 14.4. The smallest absolute Gasteiger partial charge is 0.329 e. The maximum absolute atomic E-state index is 9.16. The summed E-state index contributed by atoms with van der Waals surface area (Å²) in [5.41, 5.74) is 14.3. The van der Waals surface area contributed by atoms with Crippen molar-refractivity contribution in [2.24, 2.45) is 0 Å². The van der Waals surface area contributed by atoms with Crippen molar-refractivity contribution in [1.82, 2.24) is 0 Å². The Balaban J connectivity index is -0.0000000462. The Morgan fingerprint density at radius 2 is 0.609 bits per heavy atom. The molecule has 0 unspecified atom stereocenters. The molecule has 6 heteroatoms. The molecule has 2 nitrogen and oxygen atoms in total. The summed E-state index contributed by atoms with van der Waals surface area (Å²) in [4.78, 5) is 3.40. The molecule has 4 aromatic carbocycles. The van der Waals surface area contributed by atoms with Gasteiger partial charge in [-0.05, 0) is 174 Å². The number of benzene rings is 4.